The number of hydrogen-bond donors (Lipinski definition) is 1. The highest BCUT2D eigenvalue weighted by atomic mass is 32.2. The number of carbonyl (C=O) groups is 1. The number of fused-ring (bicyclic) bond motifs is 1. The Balaban J connectivity index is 2.20. The van der Waals surface area contributed by atoms with Crippen molar-refractivity contribution in [1.29, 1.82) is 0 Å². The van der Waals surface area contributed by atoms with Gasteiger partial charge in [0.25, 0.3) is 10.0 Å². The summed E-state index contributed by atoms with van der Waals surface area (Å²) in [6.07, 6.45) is -0.0125. The van der Waals surface area contributed by atoms with Crippen LogP contribution in [0.1, 0.15) is 18.9 Å². The Morgan fingerprint density at radius 2 is 1.92 bits per heavy atom. The molecule has 0 bridgehead atoms. The lowest BCUT2D eigenvalue weighted by molar-refractivity contribution is -0.116. The number of halogens is 1. The summed E-state index contributed by atoms with van der Waals surface area (Å²) in [5.74, 6) is -1.08. The van der Waals surface area contributed by atoms with Gasteiger partial charge in [-0.25, -0.2) is 12.8 Å². The molecule has 24 heavy (non-hydrogen) atoms. The summed E-state index contributed by atoms with van der Waals surface area (Å²) in [4.78, 5) is 11.6. The van der Waals surface area contributed by atoms with Crippen LogP contribution >= 0.6 is 0 Å². The number of anilines is 2. The van der Waals surface area contributed by atoms with Crippen LogP contribution in [0.15, 0.2) is 47.4 Å². The molecule has 3 rings (SSSR count). The minimum absolute atomic E-state index is 0.0125. The van der Waals surface area contributed by atoms with Crippen molar-refractivity contribution in [2.24, 2.45) is 0 Å². The molecule has 0 spiro atoms. The summed E-state index contributed by atoms with van der Waals surface area (Å²) in [6.45, 7) is 3.32. The number of carbonyl (C=O) groups excluding carboxylic acids is 1. The van der Waals surface area contributed by atoms with Crippen molar-refractivity contribution >= 4 is 27.3 Å². The number of rotatable bonds is 2. The van der Waals surface area contributed by atoms with Crippen LogP contribution in [0.3, 0.4) is 0 Å². The summed E-state index contributed by atoms with van der Waals surface area (Å²) in [7, 11) is -4.15. The van der Waals surface area contributed by atoms with Gasteiger partial charge in [-0.05, 0) is 43.7 Å². The number of sulfonamides is 1. The monoisotopic (exact) mass is 348 g/mol. The molecular weight excluding hydrogens is 331 g/mol. The summed E-state index contributed by atoms with van der Waals surface area (Å²) in [5, 5.41) is 2.69. The number of nitrogens with one attached hydrogen (secondary N) is 1. The third-order valence-electron chi connectivity index (χ3n) is 3.92. The molecule has 5 nitrogen and oxygen atoms in total. The highest BCUT2D eigenvalue weighted by Gasteiger charge is 2.36. The molecule has 126 valence electrons. The Hall–Kier alpha value is -2.41. The number of para-hydroxylation sites is 2. The topological polar surface area (TPSA) is 66.5 Å². The van der Waals surface area contributed by atoms with Gasteiger partial charge < -0.3 is 5.32 Å². The SMILES string of the molecule is Cc1ccc(S(=O)(=O)N2c3ccccc3NC(=O)CC2C)c(F)c1. The first kappa shape index (κ1) is 16.4. The fourth-order valence-electron chi connectivity index (χ4n) is 2.85. The zero-order chi connectivity index (χ0) is 17.5. The predicted molar refractivity (Wildman–Crippen MR) is 90.0 cm³/mol. The van der Waals surface area contributed by atoms with Gasteiger partial charge in [-0.15, -0.1) is 0 Å². The second kappa shape index (κ2) is 5.90. The summed E-state index contributed by atoms with van der Waals surface area (Å²) >= 11 is 0. The first-order chi connectivity index (χ1) is 11.3. The normalized spacial score (nSPS) is 17.9. The maximum Gasteiger partial charge on any atom is 0.267 e. The van der Waals surface area contributed by atoms with E-state index in [1.165, 1.54) is 12.1 Å². The maximum atomic E-state index is 14.3. The third kappa shape index (κ3) is 2.75. The number of hydrogen-bond acceptors (Lipinski definition) is 3. The van der Waals surface area contributed by atoms with Crippen LogP contribution in [-0.4, -0.2) is 20.4 Å². The van der Waals surface area contributed by atoms with Gasteiger partial charge >= 0.3 is 0 Å². The van der Waals surface area contributed by atoms with Crippen LogP contribution in [0.4, 0.5) is 15.8 Å². The van der Waals surface area contributed by atoms with E-state index in [2.05, 4.69) is 5.32 Å². The largest absolute Gasteiger partial charge is 0.324 e. The quantitative estimate of drug-likeness (QED) is 0.907. The predicted octanol–water partition coefficient (Wildman–Crippen LogP) is 3.06. The van der Waals surface area contributed by atoms with Crippen molar-refractivity contribution in [3.63, 3.8) is 0 Å². The Labute approximate surface area is 140 Å². The molecule has 0 saturated carbocycles. The van der Waals surface area contributed by atoms with Crippen molar-refractivity contribution < 1.29 is 17.6 Å². The van der Waals surface area contributed by atoms with E-state index in [0.29, 0.717) is 16.9 Å². The van der Waals surface area contributed by atoms with Crippen molar-refractivity contribution in [1.82, 2.24) is 0 Å². The van der Waals surface area contributed by atoms with Gasteiger partial charge in [0, 0.05) is 6.42 Å². The molecule has 2 aromatic carbocycles. The molecule has 0 saturated heterocycles. The molecule has 1 heterocycles. The van der Waals surface area contributed by atoms with Gasteiger partial charge in [-0.1, -0.05) is 18.2 Å². The highest BCUT2D eigenvalue weighted by Crippen LogP contribution is 2.36. The Morgan fingerprint density at radius 1 is 1.21 bits per heavy atom. The molecule has 0 aliphatic carbocycles. The molecule has 0 aromatic heterocycles. The minimum Gasteiger partial charge on any atom is -0.324 e. The van der Waals surface area contributed by atoms with E-state index in [1.807, 2.05) is 0 Å². The van der Waals surface area contributed by atoms with Crippen LogP contribution in [0.25, 0.3) is 0 Å². The molecule has 1 atom stereocenters. The summed E-state index contributed by atoms with van der Waals surface area (Å²) in [5.41, 5.74) is 1.35. The minimum atomic E-state index is -4.15. The third-order valence-corrected chi connectivity index (χ3v) is 5.88. The molecule has 1 amide bonds. The zero-order valence-corrected chi connectivity index (χ0v) is 14.1. The average molecular weight is 348 g/mol. The summed E-state index contributed by atoms with van der Waals surface area (Å²) in [6, 6.07) is 9.96. The van der Waals surface area contributed by atoms with Crippen LogP contribution in [0.2, 0.25) is 0 Å². The highest BCUT2D eigenvalue weighted by molar-refractivity contribution is 7.92. The molecule has 1 unspecified atom stereocenters. The molecule has 1 aliphatic heterocycles. The van der Waals surface area contributed by atoms with E-state index < -0.39 is 26.8 Å². The van der Waals surface area contributed by atoms with E-state index in [9.17, 15) is 17.6 Å². The van der Waals surface area contributed by atoms with E-state index in [-0.39, 0.29) is 12.3 Å². The van der Waals surface area contributed by atoms with E-state index in [0.717, 1.165) is 4.31 Å². The molecule has 1 aliphatic rings. The maximum absolute atomic E-state index is 14.3. The number of nitrogens with zero attached hydrogens (tertiary/aromatic N) is 1. The lowest BCUT2D eigenvalue weighted by Crippen LogP contribution is -2.39. The van der Waals surface area contributed by atoms with Gasteiger partial charge in [-0.2, -0.15) is 0 Å². The van der Waals surface area contributed by atoms with Crippen molar-refractivity contribution in [3.05, 3.63) is 53.8 Å². The van der Waals surface area contributed by atoms with Crippen LogP contribution in [-0.2, 0) is 14.8 Å². The molecule has 0 fully saturated rings. The van der Waals surface area contributed by atoms with Crippen LogP contribution in [0.5, 0.6) is 0 Å². The standard InChI is InChI=1S/C17H17FN2O3S/c1-11-7-8-16(13(18)9-11)24(22,23)20-12(2)10-17(21)19-14-5-3-4-6-15(14)20/h3-9,12H,10H2,1-2H3,(H,19,21). The number of aryl methyl sites for hydroxylation is 1. The lowest BCUT2D eigenvalue weighted by Gasteiger charge is -2.29. The van der Waals surface area contributed by atoms with E-state index >= 15 is 0 Å². The average Bonchev–Trinajstić information content (AvgIpc) is 2.61. The molecular formula is C17H17FN2O3S. The van der Waals surface area contributed by atoms with Crippen LogP contribution < -0.4 is 9.62 Å². The lowest BCUT2D eigenvalue weighted by atomic mass is 10.2. The summed E-state index contributed by atoms with van der Waals surface area (Å²) < 4.78 is 41.6. The van der Waals surface area contributed by atoms with Crippen molar-refractivity contribution in [3.8, 4) is 0 Å². The van der Waals surface area contributed by atoms with Gasteiger partial charge in [-0.3, -0.25) is 9.10 Å². The zero-order valence-electron chi connectivity index (χ0n) is 13.3. The smallest absolute Gasteiger partial charge is 0.267 e. The van der Waals surface area contributed by atoms with Gasteiger partial charge in [0.1, 0.15) is 10.7 Å². The van der Waals surface area contributed by atoms with Crippen molar-refractivity contribution in [2.45, 2.75) is 31.2 Å². The van der Waals surface area contributed by atoms with E-state index in [1.54, 1.807) is 44.2 Å². The fraction of sp³-hybridized carbons (Fsp3) is 0.235. The molecule has 7 heteroatoms. The molecule has 1 N–H and O–H groups in total. The Morgan fingerprint density at radius 3 is 2.62 bits per heavy atom. The number of amides is 1. The second-order valence-electron chi connectivity index (χ2n) is 5.85. The first-order valence-corrected chi connectivity index (χ1v) is 8.94. The molecule has 0 radical (unpaired) electrons. The molecule has 2 aromatic rings. The second-order valence-corrected chi connectivity index (χ2v) is 7.64. The Bertz CT molecular complexity index is 912. The Kier molecular flexibility index (Phi) is 4.04. The van der Waals surface area contributed by atoms with Crippen molar-refractivity contribution in [2.75, 3.05) is 9.62 Å². The first-order valence-electron chi connectivity index (χ1n) is 7.50. The van der Waals surface area contributed by atoms with Gasteiger partial charge in [0.15, 0.2) is 0 Å². The van der Waals surface area contributed by atoms with Crippen LogP contribution in [0, 0.1) is 12.7 Å². The van der Waals surface area contributed by atoms with Gasteiger partial charge in [0.05, 0.1) is 17.4 Å². The van der Waals surface area contributed by atoms with Gasteiger partial charge in [0.2, 0.25) is 5.91 Å². The number of benzene rings is 2. The van der Waals surface area contributed by atoms with E-state index in [4.69, 9.17) is 0 Å². The fourth-order valence-corrected chi connectivity index (χ4v) is 4.57.